The van der Waals surface area contributed by atoms with Gasteiger partial charge in [0.05, 0.1) is 0 Å². The number of nitrogens with zero attached hydrogens (tertiary/aromatic N) is 1. The van der Waals surface area contributed by atoms with Crippen molar-refractivity contribution >= 4 is 35.1 Å². The first-order chi connectivity index (χ1) is 30.1. The molecule has 0 bridgehead atoms. The molecule has 0 heterocycles. The minimum atomic E-state index is -1.31. The second-order valence-corrected chi connectivity index (χ2v) is 16.7. The van der Waals surface area contributed by atoms with E-state index >= 15 is 0 Å². The molecule has 0 unspecified atom stereocenters. The summed E-state index contributed by atoms with van der Waals surface area (Å²) in [4.78, 5) is 82.2. The van der Waals surface area contributed by atoms with Crippen LogP contribution in [0.2, 0.25) is 0 Å². The van der Waals surface area contributed by atoms with Gasteiger partial charge in [-0.2, -0.15) is 0 Å². The summed E-state index contributed by atoms with van der Waals surface area (Å²) < 4.78 is 0. The zero-order valence-corrected chi connectivity index (χ0v) is 36.9. The molecule has 0 spiro atoms. The van der Waals surface area contributed by atoms with Crippen LogP contribution in [0.4, 0.5) is 0 Å². The molecule has 0 aliphatic carbocycles. The summed E-state index contributed by atoms with van der Waals surface area (Å²) in [5.74, 6) is -5.53. The average Bonchev–Trinajstić information content (AvgIpc) is 3.28. The third-order valence-electron chi connectivity index (χ3n) is 11.7. The number of rotatable bonds is 26. The summed E-state index contributed by atoms with van der Waals surface area (Å²) in [6, 6.07) is 25.2. The third kappa shape index (κ3) is 15.0. The van der Waals surface area contributed by atoms with Crippen LogP contribution < -0.4 is 11.1 Å². The van der Waals surface area contributed by atoms with Gasteiger partial charge in [-0.15, -0.1) is 0 Å². The molecule has 0 aromatic heterocycles. The lowest BCUT2D eigenvalue weighted by Crippen LogP contribution is -2.45. The number of aromatic hydroxyl groups is 2. The fourth-order valence-electron chi connectivity index (χ4n) is 7.62. The summed E-state index contributed by atoms with van der Waals surface area (Å²) in [5, 5.41) is 32.0. The molecule has 0 saturated heterocycles. The van der Waals surface area contributed by atoms with Gasteiger partial charge in [0.1, 0.15) is 29.4 Å². The second-order valence-electron chi connectivity index (χ2n) is 16.7. The van der Waals surface area contributed by atoms with Gasteiger partial charge >= 0.3 is 5.97 Å². The summed E-state index contributed by atoms with van der Waals surface area (Å²) in [6.07, 6.45) is 4.77. The molecule has 336 valence electrons. The number of carbonyl (C=O) groups excluding carboxylic acids is 5. The molecular weight excluding hydrogens is 799 g/mol. The van der Waals surface area contributed by atoms with E-state index in [4.69, 9.17) is 5.73 Å². The summed E-state index contributed by atoms with van der Waals surface area (Å²) in [5.41, 5.74) is 10.7. The van der Waals surface area contributed by atoms with Crippen molar-refractivity contribution in [1.82, 2.24) is 10.2 Å². The Kier molecular flexibility index (Phi) is 19.2. The van der Waals surface area contributed by atoms with E-state index in [1.54, 1.807) is 19.1 Å². The molecule has 0 radical (unpaired) electrons. The maximum Gasteiger partial charge on any atom is 0.326 e. The Hall–Kier alpha value is -6.14. The number of Topliss-reactive ketones (excluding diaryl/α,β-unsaturated/α-hetero) is 3. The number of carbonyl (C=O) groups is 6. The second kappa shape index (κ2) is 24.5. The van der Waals surface area contributed by atoms with Crippen LogP contribution in [0.3, 0.4) is 0 Å². The minimum absolute atomic E-state index is 0.0117. The van der Waals surface area contributed by atoms with E-state index in [9.17, 15) is 44.1 Å². The van der Waals surface area contributed by atoms with E-state index in [0.29, 0.717) is 48.9 Å². The molecule has 4 aromatic carbocycles. The number of carboxylic acid groups (broad SMARTS) is 1. The molecule has 4 rings (SSSR count). The predicted octanol–water partition coefficient (Wildman–Crippen LogP) is 8.02. The van der Waals surface area contributed by atoms with E-state index in [-0.39, 0.29) is 48.7 Å². The van der Waals surface area contributed by atoms with Crippen molar-refractivity contribution in [3.05, 3.63) is 119 Å². The fraction of sp³-hybridized carbons (Fsp3) is 0.412. The van der Waals surface area contributed by atoms with Crippen molar-refractivity contribution in [2.45, 2.75) is 103 Å². The fourth-order valence-corrected chi connectivity index (χ4v) is 7.62. The van der Waals surface area contributed by atoms with E-state index in [1.807, 2.05) is 24.3 Å². The number of likely N-dealkylation sites (N-methyl/N-ethyl adjacent to an activating group) is 1. The molecule has 63 heavy (non-hydrogen) atoms. The number of carboxylic acids is 1. The molecule has 6 N–H and O–H groups in total. The van der Waals surface area contributed by atoms with E-state index < -0.39 is 53.4 Å². The maximum atomic E-state index is 14.4. The smallest absolute Gasteiger partial charge is 0.326 e. The summed E-state index contributed by atoms with van der Waals surface area (Å²) in [6.45, 7) is 5.81. The predicted molar refractivity (Wildman–Crippen MR) is 243 cm³/mol. The zero-order chi connectivity index (χ0) is 46.1. The largest absolute Gasteiger partial charge is 0.508 e. The van der Waals surface area contributed by atoms with Gasteiger partial charge in [-0.3, -0.25) is 24.0 Å². The van der Waals surface area contributed by atoms with Crippen molar-refractivity contribution in [2.24, 2.45) is 23.5 Å². The van der Waals surface area contributed by atoms with Crippen LogP contribution in [0.25, 0.3) is 11.1 Å². The van der Waals surface area contributed by atoms with Gasteiger partial charge in [-0.05, 0) is 90.7 Å². The third-order valence-corrected chi connectivity index (χ3v) is 11.7. The number of amides is 2. The van der Waals surface area contributed by atoms with Crippen molar-refractivity contribution in [1.29, 1.82) is 0 Å². The Morgan fingerprint density at radius 2 is 1.25 bits per heavy atom. The topological polar surface area (TPSA) is 204 Å². The number of benzene rings is 4. The lowest BCUT2D eigenvalue weighted by atomic mass is 9.87. The SMILES string of the molecule is CCCCc1ccc(-c2ccc(C(=O)CC[C@@H](C)C(=O)C[C@@H](CCCCN)C(=O)N(C)[C@H](C(=O)C[C@@H](C)C(=O)N[C@@H](Cc3ccc(O)cc3)C(=O)O)c3ccc(O)cc3)cc2)cc1. The van der Waals surface area contributed by atoms with Crippen LogP contribution in [0.15, 0.2) is 97.1 Å². The lowest BCUT2D eigenvalue weighted by molar-refractivity contribution is -0.144. The van der Waals surface area contributed by atoms with Gasteiger partial charge in [-0.25, -0.2) is 4.79 Å². The van der Waals surface area contributed by atoms with Crippen LogP contribution in [0.1, 0.15) is 112 Å². The van der Waals surface area contributed by atoms with Crippen LogP contribution in [-0.2, 0) is 36.8 Å². The highest BCUT2D eigenvalue weighted by molar-refractivity contribution is 5.97. The van der Waals surface area contributed by atoms with Crippen molar-refractivity contribution in [3.63, 3.8) is 0 Å². The number of phenols is 2. The van der Waals surface area contributed by atoms with Crippen LogP contribution in [0, 0.1) is 17.8 Å². The minimum Gasteiger partial charge on any atom is -0.508 e. The van der Waals surface area contributed by atoms with E-state index in [1.165, 1.54) is 60.8 Å². The van der Waals surface area contributed by atoms with Crippen molar-refractivity contribution < 1.29 is 44.1 Å². The van der Waals surface area contributed by atoms with Crippen molar-refractivity contribution in [3.8, 4) is 22.6 Å². The summed E-state index contributed by atoms with van der Waals surface area (Å²) >= 11 is 0. The molecule has 12 nitrogen and oxygen atoms in total. The quantitative estimate of drug-likeness (QED) is 0.0304. The number of hydrogen-bond acceptors (Lipinski definition) is 9. The Labute approximate surface area is 370 Å². The Morgan fingerprint density at radius 1 is 0.683 bits per heavy atom. The van der Waals surface area contributed by atoms with Gasteiger partial charge in [0.2, 0.25) is 11.8 Å². The van der Waals surface area contributed by atoms with Gasteiger partial charge < -0.3 is 31.3 Å². The van der Waals surface area contributed by atoms with Gasteiger partial charge in [0, 0.05) is 56.0 Å². The highest BCUT2D eigenvalue weighted by atomic mass is 16.4. The first kappa shape index (κ1) is 49.5. The normalized spacial score (nSPS) is 13.5. The van der Waals surface area contributed by atoms with Crippen molar-refractivity contribution in [2.75, 3.05) is 13.6 Å². The average molecular weight is 862 g/mol. The molecule has 4 aromatic rings. The molecule has 2 amide bonds. The Morgan fingerprint density at radius 3 is 1.83 bits per heavy atom. The van der Waals surface area contributed by atoms with Gasteiger partial charge in [-0.1, -0.05) is 106 Å². The van der Waals surface area contributed by atoms with Crippen LogP contribution >= 0.6 is 0 Å². The number of phenolic OH excluding ortho intramolecular Hbond substituents is 2. The number of aryl methyl sites for hydroxylation is 1. The molecular formula is C51H63N3O9. The molecule has 5 atom stereocenters. The Balaban J connectivity index is 1.42. The number of nitrogens with two attached hydrogens (primary N) is 1. The zero-order valence-electron chi connectivity index (χ0n) is 36.9. The molecule has 12 heteroatoms. The first-order valence-corrected chi connectivity index (χ1v) is 22.0. The van der Waals surface area contributed by atoms with Crippen LogP contribution in [0.5, 0.6) is 11.5 Å². The van der Waals surface area contributed by atoms with E-state index in [0.717, 1.165) is 30.4 Å². The summed E-state index contributed by atoms with van der Waals surface area (Å²) in [7, 11) is 1.47. The first-order valence-electron chi connectivity index (χ1n) is 22.0. The molecule has 0 aliphatic rings. The molecule has 0 fully saturated rings. The standard InChI is InChI=1S/C51H63N3O9/c1-5-6-9-35-12-16-37(17-13-35)38-18-20-39(21-19-38)45(57)28-11-33(2)46(58)32-41(10-7-8-29-52)50(61)54(4)48(40-22-26-43(56)27-23-40)47(59)30-34(3)49(60)53-44(51(62)63)31-36-14-24-42(55)25-15-36/h12-27,33-34,41,44,48,55-56H,5-11,28-32,52H2,1-4H3,(H,53,60)(H,62,63)/t33-,34-,41-,44+,48+/m1/s1. The maximum absolute atomic E-state index is 14.4. The monoisotopic (exact) mass is 861 g/mol. The highest BCUT2D eigenvalue weighted by Crippen LogP contribution is 2.30. The molecule has 0 saturated carbocycles. The number of nitrogens with one attached hydrogen (secondary N) is 1. The number of hydrogen-bond donors (Lipinski definition) is 5. The number of aliphatic carboxylic acids is 1. The number of unbranched alkanes of at least 4 members (excludes halogenated alkanes) is 2. The van der Waals surface area contributed by atoms with E-state index in [2.05, 4.69) is 36.5 Å². The Bertz CT molecular complexity index is 2130. The lowest BCUT2D eigenvalue weighted by Gasteiger charge is -2.32. The van der Waals surface area contributed by atoms with Gasteiger partial charge in [0.15, 0.2) is 11.6 Å². The number of ketones is 3. The highest BCUT2D eigenvalue weighted by Gasteiger charge is 2.35. The van der Waals surface area contributed by atoms with Crippen LogP contribution in [-0.4, -0.2) is 75.0 Å². The molecule has 0 aliphatic heterocycles. The van der Waals surface area contributed by atoms with Gasteiger partial charge in [0.25, 0.3) is 0 Å².